The Morgan fingerprint density at radius 2 is 1.54 bits per heavy atom. The molecule has 0 bridgehead atoms. The normalized spacial score (nSPS) is 11.0. The molecule has 0 aliphatic carbocycles. The molecule has 0 saturated carbocycles. The Morgan fingerprint density at radius 1 is 0.808 bits per heavy atom. The quantitative estimate of drug-likeness (QED) is 0.370. The van der Waals surface area contributed by atoms with Crippen molar-refractivity contribution in [3.05, 3.63) is 104 Å². The van der Waals surface area contributed by atoms with Gasteiger partial charge in [0, 0.05) is 26.9 Å². The summed E-state index contributed by atoms with van der Waals surface area (Å²) >= 11 is 13.8. The molecule has 0 aliphatic heterocycles. The van der Waals surface area contributed by atoms with Crippen LogP contribution in [-0.4, -0.2) is 0 Å². The molecule has 128 valence electrons. The van der Waals surface area contributed by atoms with Gasteiger partial charge in [-0.25, -0.2) is 0 Å². The predicted molar refractivity (Wildman–Crippen MR) is 113 cm³/mol. The molecule has 0 saturated heterocycles. The lowest BCUT2D eigenvalue weighted by molar-refractivity contribution is 1.19. The summed E-state index contributed by atoms with van der Waals surface area (Å²) in [4.78, 5) is 14.2. The molecular weight excluding hydrogens is 383 g/mol. The van der Waals surface area contributed by atoms with Gasteiger partial charge in [-0.2, -0.15) is 0 Å². The van der Waals surface area contributed by atoms with Crippen molar-refractivity contribution in [1.82, 2.24) is 0 Å². The molecule has 1 aromatic heterocycles. The highest BCUT2D eigenvalue weighted by atomic mass is 35.5. The Kier molecular flexibility index (Phi) is 4.82. The number of hydrogen-bond acceptors (Lipinski definition) is 2. The number of fused-ring (bicyclic) bond motifs is 1. The zero-order valence-corrected chi connectivity index (χ0v) is 16.0. The fraction of sp³-hybridized carbons (Fsp3) is 0.0455. The maximum atomic E-state index is 13.2. The highest BCUT2D eigenvalue weighted by Crippen LogP contribution is 2.33. The maximum Gasteiger partial charge on any atom is 0.192 e. The van der Waals surface area contributed by atoms with Crippen LogP contribution in [0.4, 0.5) is 0 Å². The van der Waals surface area contributed by atoms with E-state index in [0.29, 0.717) is 16.5 Å². The first-order valence-corrected chi connectivity index (χ1v) is 9.75. The molecule has 0 spiro atoms. The van der Waals surface area contributed by atoms with E-state index in [1.807, 2.05) is 66.7 Å². The van der Waals surface area contributed by atoms with Gasteiger partial charge in [0.15, 0.2) is 5.43 Å². The van der Waals surface area contributed by atoms with Crippen LogP contribution in [0.1, 0.15) is 11.1 Å². The molecule has 4 heteroatoms. The summed E-state index contributed by atoms with van der Waals surface area (Å²) in [5.41, 5.74) is 2.88. The van der Waals surface area contributed by atoms with Crippen molar-refractivity contribution in [1.29, 1.82) is 0 Å². The minimum absolute atomic E-state index is 0.0734. The van der Waals surface area contributed by atoms with E-state index in [1.54, 1.807) is 17.4 Å². The van der Waals surface area contributed by atoms with E-state index in [-0.39, 0.29) is 5.43 Å². The van der Waals surface area contributed by atoms with Crippen LogP contribution in [0.15, 0.2) is 77.6 Å². The van der Waals surface area contributed by atoms with Crippen molar-refractivity contribution in [2.24, 2.45) is 0 Å². The van der Waals surface area contributed by atoms with Gasteiger partial charge in [-0.3, -0.25) is 4.79 Å². The van der Waals surface area contributed by atoms with Crippen LogP contribution in [0.25, 0.3) is 20.5 Å². The molecule has 3 aromatic carbocycles. The van der Waals surface area contributed by atoms with Gasteiger partial charge in [-0.1, -0.05) is 71.7 Å². The molecule has 4 rings (SSSR count). The number of rotatable bonds is 3. The lowest BCUT2D eigenvalue weighted by Crippen LogP contribution is -2.10. The molecule has 0 unspecified atom stereocenters. The third-order valence-electron chi connectivity index (χ3n) is 4.29. The summed E-state index contributed by atoms with van der Waals surface area (Å²) in [5.74, 6) is 0. The first kappa shape index (κ1) is 17.3. The van der Waals surface area contributed by atoms with Crippen molar-refractivity contribution in [2.45, 2.75) is 6.42 Å². The molecule has 0 amide bonds. The summed E-state index contributed by atoms with van der Waals surface area (Å²) in [6, 6.07) is 23.3. The van der Waals surface area contributed by atoms with Crippen molar-refractivity contribution < 1.29 is 0 Å². The van der Waals surface area contributed by atoms with Gasteiger partial charge in [0.1, 0.15) is 0 Å². The number of hydrogen-bond donors (Lipinski definition) is 0. The predicted octanol–water partition coefficient (Wildman–Crippen LogP) is 6.83. The third kappa shape index (κ3) is 3.28. The second-order valence-electron chi connectivity index (χ2n) is 6.03. The summed E-state index contributed by atoms with van der Waals surface area (Å²) in [5, 5.41) is 1.77. The van der Waals surface area contributed by atoms with Gasteiger partial charge < -0.3 is 0 Å². The fourth-order valence-electron chi connectivity index (χ4n) is 3.02. The average Bonchev–Trinajstić information content (AvgIpc) is 2.67. The molecule has 0 N–H and O–H groups in total. The van der Waals surface area contributed by atoms with E-state index in [4.69, 9.17) is 23.2 Å². The van der Waals surface area contributed by atoms with Crippen LogP contribution in [0, 0.1) is 0 Å². The van der Waals surface area contributed by atoms with Crippen LogP contribution in [0.5, 0.6) is 0 Å². The van der Waals surface area contributed by atoms with Crippen LogP contribution >= 0.6 is 34.5 Å². The van der Waals surface area contributed by atoms with Gasteiger partial charge >= 0.3 is 0 Å². The average molecular weight is 397 g/mol. The zero-order valence-electron chi connectivity index (χ0n) is 13.7. The van der Waals surface area contributed by atoms with Crippen molar-refractivity contribution in [2.75, 3.05) is 0 Å². The van der Waals surface area contributed by atoms with Crippen LogP contribution in [0.2, 0.25) is 10.0 Å². The monoisotopic (exact) mass is 396 g/mol. The van der Waals surface area contributed by atoms with Gasteiger partial charge in [-0.05, 0) is 35.4 Å². The lowest BCUT2D eigenvalue weighted by Gasteiger charge is -2.11. The highest BCUT2D eigenvalue weighted by molar-refractivity contribution is 7.21. The van der Waals surface area contributed by atoms with E-state index in [0.717, 1.165) is 31.7 Å². The Hall–Kier alpha value is -2.13. The molecule has 1 heterocycles. The van der Waals surface area contributed by atoms with Gasteiger partial charge in [0.2, 0.25) is 0 Å². The van der Waals surface area contributed by atoms with Gasteiger partial charge in [-0.15, -0.1) is 11.3 Å². The molecule has 0 atom stereocenters. The Bertz CT molecular complexity index is 1150. The Morgan fingerprint density at radius 3 is 2.31 bits per heavy atom. The number of benzene rings is 3. The summed E-state index contributed by atoms with van der Waals surface area (Å²) in [7, 11) is 0. The smallest absolute Gasteiger partial charge is 0.192 e. The first-order valence-electron chi connectivity index (χ1n) is 8.17. The van der Waals surface area contributed by atoms with Crippen molar-refractivity contribution >= 4 is 44.6 Å². The first-order chi connectivity index (χ1) is 12.6. The summed E-state index contributed by atoms with van der Waals surface area (Å²) in [6.07, 6.45) is 0.515. The fourth-order valence-corrected chi connectivity index (χ4v) is 4.52. The van der Waals surface area contributed by atoms with E-state index < -0.39 is 0 Å². The molecular formula is C22H14Cl2OS. The topological polar surface area (TPSA) is 17.1 Å². The Balaban J connectivity index is 1.95. The molecule has 0 fully saturated rings. The number of halogens is 2. The minimum atomic E-state index is 0.0734. The second-order valence-corrected chi connectivity index (χ2v) is 7.89. The molecule has 26 heavy (non-hydrogen) atoms. The molecule has 4 aromatic rings. The third-order valence-corrected chi connectivity index (χ3v) is 6.29. The van der Waals surface area contributed by atoms with Gasteiger partial charge in [0.05, 0.1) is 10.0 Å². The SMILES string of the molecule is O=c1c(Cc2ccc(Cl)c(Cl)c2)c(-c2ccccc2)sc2ccccc12. The lowest BCUT2D eigenvalue weighted by atomic mass is 10.0. The summed E-state index contributed by atoms with van der Waals surface area (Å²) < 4.78 is 0.995. The van der Waals surface area contributed by atoms with E-state index in [2.05, 4.69) is 0 Å². The van der Waals surface area contributed by atoms with Crippen LogP contribution in [-0.2, 0) is 6.42 Å². The highest BCUT2D eigenvalue weighted by Gasteiger charge is 2.15. The molecule has 0 aliphatic rings. The standard InChI is InChI=1S/C22H14Cl2OS/c23-18-11-10-14(13-19(18)24)12-17-21(25)16-8-4-5-9-20(16)26-22(17)15-6-2-1-3-7-15/h1-11,13H,12H2. The van der Waals surface area contributed by atoms with Crippen molar-refractivity contribution in [3.63, 3.8) is 0 Å². The molecule has 1 nitrogen and oxygen atoms in total. The Labute approximate surface area is 165 Å². The van der Waals surface area contributed by atoms with Gasteiger partial charge in [0.25, 0.3) is 0 Å². The van der Waals surface area contributed by atoms with E-state index >= 15 is 0 Å². The van der Waals surface area contributed by atoms with Crippen LogP contribution in [0.3, 0.4) is 0 Å². The van der Waals surface area contributed by atoms with Crippen LogP contribution < -0.4 is 5.43 Å². The largest absolute Gasteiger partial charge is 0.289 e. The van der Waals surface area contributed by atoms with E-state index in [1.165, 1.54) is 0 Å². The minimum Gasteiger partial charge on any atom is -0.289 e. The zero-order chi connectivity index (χ0) is 18.1. The van der Waals surface area contributed by atoms with Crippen molar-refractivity contribution in [3.8, 4) is 10.4 Å². The molecule has 0 radical (unpaired) electrons. The maximum absolute atomic E-state index is 13.2. The second kappa shape index (κ2) is 7.24. The summed E-state index contributed by atoms with van der Waals surface area (Å²) in [6.45, 7) is 0. The van der Waals surface area contributed by atoms with E-state index in [9.17, 15) is 4.79 Å².